The molecule has 1 aliphatic carbocycles. The van der Waals surface area contributed by atoms with E-state index < -0.39 is 0 Å². The van der Waals surface area contributed by atoms with E-state index in [2.05, 4.69) is 21.7 Å². The van der Waals surface area contributed by atoms with Crippen molar-refractivity contribution in [2.45, 2.75) is 32.1 Å². The molecule has 26 heavy (non-hydrogen) atoms. The van der Waals surface area contributed by atoms with Gasteiger partial charge in [-0.3, -0.25) is 4.99 Å². The average Bonchev–Trinajstić information content (AvgIpc) is 3.06. The molecule has 0 amide bonds. The molecule has 1 saturated carbocycles. The number of halogens is 1. The highest BCUT2D eigenvalue weighted by Crippen LogP contribution is 2.43. The Morgan fingerprint density at radius 3 is 2.73 bits per heavy atom. The van der Waals surface area contributed by atoms with Crippen LogP contribution in [-0.2, 0) is 11.2 Å². The van der Waals surface area contributed by atoms with Gasteiger partial charge < -0.3 is 24.8 Å². The predicted octanol–water partition coefficient (Wildman–Crippen LogP) is 2.95. The summed E-state index contributed by atoms with van der Waals surface area (Å²) in [6, 6.07) is 6.11. The van der Waals surface area contributed by atoms with Crippen LogP contribution in [0.15, 0.2) is 23.2 Å². The summed E-state index contributed by atoms with van der Waals surface area (Å²) in [5, 5.41) is 6.89. The summed E-state index contributed by atoms with van der Waals surface area (Å²) in [5.41, 5.74) is 1.60. The highest BCUT2D eigenvalue weighted by Gasteiger charge is 2.36. The first-order chi connectivity index (χ1) is 12.2. The number of rotatable bonds is 8. The van der Waals surface area contributed by atoms with Gasteiger partial charge in [-0.15, -0.1) is 24.0 Å². The molecular weight excluding hydrogens is 445 g/mol. The largest absolute Gasteiger partial charge is 0.454 e. The van der Waals surface area contributed by atoms with Crippen LogP contribution in [0.25, 0.3) is 0 Å². The Morgan fingerprint density at radius 2 is 2.04 bits per heavy atom. The maximum absolute atomic E-state index is 5.43. The lowest BCUT2D eigenvalue weighted by Gasteiger charge is -2.42. The second-order valence-corrected chi connectivity index (χ2v) is 6.89. The normalized spacial score (nSPS) is 17.2. The quantitative estimate of drug-likeness (QED) is 0.344. The second kappa shape index (κ2) is 10.2. The number of hydrogen-bond donors (Lipinski definition) is 2. The number of hydrogen-bond acceptors (Lipinski definition) is 4. The lowest BCUT2D eigenvalue weighted by Crippen LogP contribution is -2.47. The molecule has 0 unspecified atom stereocenters. The number of aliphatic imine (C=N–C) groups is 1. The van der Waals surface area contributed by atoms with Gasteiger partial charge in [-0.25, -0.2) is 0 Å². The lowest BCUT2D eigenvalue weighted by molar-refractivity contribution is 0.0732. The Labute approximate surface area is 173 Å². The van der Waals surface area contributed by atoms with E-state index in [1.165, 1.54) is 24.8 Å². The van der Waals surface area contributed by atoms with Crippen molar-refractivity contribution in [3.8, 4) is 11.5 Å². The number of nitrogens with one attached hydrogen (secondary N) is 2. The first-order valence-corrected chi connectivity index (χ1v) is 9.07. The van der Waals surface area contributed by atoms with Crippen LogP contribution >= 0.6 is 24.0 Å². The Bertz CT molecular complexity index is 606. The van der Waals surface area contributed by atoms with Crippen LogP contribution in [0.3, 0.4) is 0 Å². The number of ether oxygens (including phenoxy) is 3. The fourth-order valence-corrected chi connectivity index (χ4v) is 3.42. The summed E-state index contributed by atoms with van der Waals surface area (Å²) < 4.78 is 16.0. The monoisotopic (exact) mass is 475 g/mol. The van der Waals surface area contributed by atoms with Crippen LogP contribution in [0, 0.1) is 5.41 Å². The van der Waals surface area contributed by atoms with Crippen molar-refractivity contribution >= 4 is 29.9 Å². The molecule has 1 aliphatic heterocycles. The standard InChI is InChI=1S/C19H29N3O3.HI/c1-20-18(22-13-19(7-3-8-19)9-11-23-2)21-10-6-15-4-5-16-17(12-15)25-14-24-16;/h4-5,12H,3,6-11,13-14H2,1-2H3,(H2,20,21,22);1H. The zero-order chi connectivity index (χ0) is 17.5. The van der Waals surface area contributed by atoms with Gasteiger partial charge in [0.05, 0.1) is 0 Å². The fraction of sp³-hybridized carbons (Fsp3) is 0.632. The molecule has 0 radical (unpaired) electrons. The molecule has 0 atom stereocenters. The molecule has 2 N–H and O–H groups in total. The third-order valence-electron chi connectivity index (χ3n) is 5.25. The van der Waals surface area contributed by atoms with Crippen molar-refractivity contribution in [3.05, 3.63) is 23.8 Å². The van der Waals surface area contributed by atoms with Crippen molar-refractivity contribution in [3.63, 3.8) is 0 Å². The number of fused-ring (bicyclic) bond motifs is 1. The minimum atomic E-state index is 0. The molecule has 1 aromatic carbocycles. The number of nitrogens with zero attached hydrogens (tertiary/aromatic N) is 1. The van der Waals surface area contributed by atoms with Gasteiger partial charge in [0, 0.05) is 33.9 Å². The summed E-state index contributed by atoms with van der Waals surface area (Å²) in [7, 11) is 3.59. The average molecular weight is 475 g/mol. The van der Waals surface area contributed by atoms with Crippen LogP contribution in [0.1, 0.15) is 31.2 Å². The summed E-state index contributed by atoms with van der Waals surface area (Å²) >= 11 is 0. The van der Waals surface area contributed by atoms with E-state index in [4.69, 9.17) is 14.2 Å². The number of benzene rings is 1. The van der Waals surface area contributed by atoms with E-state index >= 15 is 0 Å². The predicted molar refractivity (Wildman–Crippen MR) is 114 cm³/mol. The first-order valence-electron chi connectivity index (χ1n) is 9.07. The maximum atomic E-state index is 5.43. The van der Waals surface area contributed by atoms with Crippen molar-refractivity contribution in [2.24, 2.45) is 10.4 Å². The van der Waals surface area contributed by atoms with E-state index in [9.17, 15) is 0 Å². The molecule has 1 aromatic rings. The van der Waals surface area contributed by atoms with E-state index in [1.807, 2.05) is 19.2 Å². The van der Waals surface area contributed by atoms with E-state index in [1.54, 1.807) is 7.11 Å². The van der Waals surface area contributed by atoms with Crippen molar-refractivity contribution in [1.82, 2.24) is 10.6 Å². The Hall–Kier alpha value is -1.22. The Morgan fingerprint density at radius 1 is 1.23 bits per heavy atom. The van der Waals surface area contributed by atoms with Gasteiger partial charge in [-0.1, -0.05) is 12.5 Å². The molecule has 0 aromatic heterocycles. The van der Waals surface area contributed by atoms with Gasteiger partial charge in [-0.05, 0) is 48.8 Å². The topological polar surface area (TPSA) is 64.1 Å². The Kier molecular flexibility index (Phi) is 8.27. The summed E-state index contributed by atoms with van der Waals surface area (Å²) in [6.07, 6.45) is 5.90. The summed E-state index contributed by atoms with van der Waals surface area (Å²) in [5.74, 6) is 2.53. The Balaban J connectivity index is 0.00000243. The highest BCUT2D eigenvalue weighted by atomic mass is 127. The van der Waals surface area contributed by atoms with Gasteiger partial charge >= 0.3 is 0 Å². The smallest absolute Gasteiger partial charge is 0.231 e. The van der Waals surface area contributed by atoms with Gasteiger partial charge in [-0.2, -0.15) is 0 Å². The van der Waals surface area contributed by atoms with Gasteiger partial charge in [0.15, 0.2) is 17.5 Å². The van der Waals surface area contributed by atoms with Crippen LogP contribution in [0.4, 0.5) is 0 Å². The molecule has 1 fully saturated rings. The SMILES string of the molecule is CN=C(NCCc1ccc2c(c1)OCO2)NCC1(CCOC)CCC1.I. The molecule has 2 aliphatic rings. The third kappa shape index (κ3) is 5.39. The molecule has 0 saturated heterocycles. The molecule has 3 rings (SSSR count). The van der Waals surface area contributed by atoms with Crippen LogP contribution in [0.2, 0.25) is 0 Å². The fourth-order valence-electron chi connectivity index (χ4n) is 3.42. The van der Waals surface area contributed by atoms with E-state index in [0.29, 0.717) is 12.2 Å². The minimum Gasteiger partial charge on any atom is -0.454 e. The van der Waals surface area contributed by atoms with E-state index in [-0.39, 0.29) is 24.0 Å². The summed E-state index contributed by atoms with van der Waals surface area (Å²) in [4.78, 5) is 4.34. The first kappa shape index (κ1) is 21.1. The van der Waals surface area contributed by atoms with E-state index in [0.717, 1.165) is 50.0 Å². The van der Waals surface area contributed by atoms with Crippen molar-refractivity contribution in [1.29, 1.82) is 0 Å². The maximum Gasteiger partial charge on any atom is 0.231 e. The number of guanidine groups is 1. The zero-order valence-electron chi connectivity index (χ0n) is 15.7. The number of methoxy groups -OCH3 is 1. The third-order valence-corrected chi connectivity index (χ3v) is 5.25. The summed E-state index contributed by atoms with van der Waals surface area (Å²) in [6.45, 7) is 2.93. The molecule has 6 nitrogen and oxygen atoms in total. The minimum absolute atomic E-state index is 0. The van der Waals surface area contributed by atoms with Gasteiger partial charge in [0.25, 0.3) is 0 Å². The van der Waals surface area contributed by atoms with Crippen LogP contribution in [-0.4, -0.2) is 46.6 Å². The van der Waals surface area contributed by atoms with Crippen molar-refractivity contribution in [2.75, 3.05) is 40.6 Å². The van der Waals surface area contributed by atoms with Crippen molar-refractivity contribution < 1.29 is 14.2 Å². The second-order valence-electron chi connectivity index (χ2n) is 6.89. The van der Waals surface area contributed by atoms with Crippen LogP contribution in [0.5, 0.6) is 11.5 Å². The highest BCUT2D eigenvalue weighted by molar-refractivity contribution is 14.0. The van der Waals surface area contributed by atoms with Crippen LogP contribution < -0.4 is 20.1 Å². The van der Waals surface area contributed by atoms with Gasteiger partial charge in [0.1, 0.15) is 0 Å². The molecule has 0 spiro atoms. The molecule has 0 bridgehead atoms. The molecular formula is C19H30IN3O3. The lowest BCUT2D eigenvalue weighted by atomic mass is 9.67. The molecule has 1 heterocycles. The molecule has 7 heteroatoms. The molecule has 146 valence electrons. The van der Waals surface area contributed by atoms with Gasteiger partial charge in [0.2, 0.25) is 6.79 Å². The zero-order valence-corrected chi connectivity index (χ0v) is 18.0.